The van der Waals surface area contributed by atoms with Gasteiger partial charge in [-0.2, -0.15) is 0 Å². The zero-order valence-corrected chi connectivity index (χ0v) is 10.9. The largest absolute Gasteiger partial charge is 0.480 e. The van der Waals surface area contributed by atoms with E-state index in [2.05, 4.69) is 21.0 Å². The molecule has 0 radical (unpaired) electrons. The van der Waals surface area contributed by atoms with Gasteiger partial charge in [-0.05, 0) is 27.4 Å². The number of aromatic nitrogens is 2. The summed E-state index contributed by atoms with van der Waals surface area (Å²) < 4.78 is 7.36. The first-order valence-electron chi connectivity index (χ1n) is 4.54. The number of methoxy groups -OCH3 is 1. The van der Waals surface area contributed by atoms with Crippen LogP contribution in [0.3, 0.4) is 0 Å². The fraction of sp³-hybridized carbons (Fsp3) is 0.200. The molecule has 84 valence electrons. The topological polar surface area (TPSA) is 44.1 Å². The van der Waals surface area contributed by atoms with E-state index in [0.717, 1.165) is 9.35 Å². The van der Waals surface area contributed by atoms with Crippen LogP contribution in [0, 0.1) is 0 Å². The van der Waals surface area contributed by atoms with Crippen LogP contribution in [0.25, 0.3) is 0 Å². The monoisotopic (exact) mass is 300 g/mol. The highest BCUT2D eigenvalue weighted by molar-refractivity contribution is 9.10. The van der Waals surface area contributed by atoms with Crippen molar-refractivity contribution in [2.24, 2.45) is 0 Å². The molecule has 0 amide bonds. The van der Waals surface area contributed by atoms with E-state index in [1.165, 1.54) is 17.9 Å². The lowest BCUT2D eigenvalue weighted by atomic mass is 10.4. The van der Waals surface area contributed by atoms with Gasteiger partial charge in [0.15, 0.2) is 0 Å². The number of ether oxygens (including phenoxy) is 1. The molecule has 16 heavy (non-hydrogen) atoms. The number of halogens is 1. The van der Waals surface area contributed by atoms with Gasteiger partial charge in [-0.1, -0.05) is 0 Å². The van der Waals surface area contributed by atoms with E-state index < -0.39 is 0 Å². The number of thiophene rings is 1. The van der Waals surface area contributed by atoms with Gasteiger partial charge in [0.1, 0.15) is 0 Å². The second-order valence-corrected chi connectivity index (χ2v) is 4.92. The lowest BCUT2D eigenvalue weighted by Crippen LogP contribution is -2.22. The van der Waals surface area contributed by atoms with Crippen molar-refractivity contribution in [1.82, 2.24) is 9.78 Å². The van der Waals surface area contributed by atoms with E-state index >= 15 is 0 Å². The molecule has 2 aromatic rings. The smallest absolute Gasteiger partial charge is 0.267 e. The SMILES string of the molecule is COc1ccc(=O)n(Cc2sccc2Br)n1. The van der Waals surface area contributed by atoms with Crippen LogP contribution >= 0.6 is 27.3 Å². The Balaban J connectivity index is 2.34. The summed E-state index contributed by atoms with van der Waals surface area (Å²) in [6.45, 7) is 0.453. The number of rotatable bonds is 3. The third-order valence-electron chi connectivity index (χ3n) is 2.04. The molecule has 4 nitrogen and oxygen atoms in total. The highest BCUT2D eigenvalue weighted by Crippen LogP contribution is 2.22. The minimum atomic E-state index is -0.138. The maximum absolute atomic E-state index is 11.6. The summed E-state index contributed by atoms with van der Waals surface area (Å²) in [6, 6.07) is 4.96. The van der Waals surface area contributed by atoms with Crippen LogP contribution in [0.2, 0.25) is 0 Å². The predicted octanol–water partition coefficient (Wildman–Crippen LogP) is 2.12. The van der Waals surface area contributed by atoms with E-state index in [9.17, 15) is 4.79 Å². The third kappa shape index (κ3) is 2.33. The molecule has 0 aliphatic rings. The maximum atomic E-state index is 11.6. The van der Waals surface area contributed by atoms with Gasteiger partial charge >= 0.3 is 0 Å². The number of nitrogens with zero attached hydrogens (tertiary/aromatic N) is 2. The quantitative estimate of drug-likeness (QED) is 0.872. The molecule has 0 atom stereocenters. The summed E-state index contributed by atoms with van der Waals surface area (Å²) in [4.78, 5) is 12.6. The molecular weight excluding hydrogens is 292 g/mol. The van der Waals surface area contributed by atoms with Crippen LogP contribution in [-0.2, 0) is 6.54 Å². The molecule has 0 N–H and O–H groups in total. The van der Waals surface area contributed by atoms with E-state index in [1.54, 1.807) is 17.4 Å². The molecule has 0 aromatic carbocycles. The highest BCUT2D eigenvalue weighted by Gasteiger charge is 2.05. The van der Waals surface area contributed by atoms with Gasteiger partial charge in [-0.25, -0.2) is 4.68 Å². The van der Waals surface area contributed by atoms with Crippen molar-refractivity contribution in [3.63, 3.8) is 0 Å². The summed E-state index contributed by atoms with van der Waals surface area (Å²) in [5.41, 5.74) is -0.138. The molecule has 0 aliphatic heterocycles. The summed E-state index contributed by atoms with van der Waals surface area (Å²) in [5, 5.41) is 6.04. The van der Waals surface area contributed by atoms with Crippen molar-refractivity contribution in [1.29, 1.82) is 0 Å². The maximum Gasteiger partial charge on any atom is 0.267 e. The molecule has 0 aliphatic carbocycles. The Morgan fingerprint density at radius 2 is 2.31 bits per heavy atom. The normalized spacial score (nSPS) is 10.4. The Morgan fingerprint density at radius 3 is 2.94 bits per heavy atom. The first-order chi connectivity index (χ1) is 7.70. The minimum absolute atomic E-state index is 0.138. The zero-order chi connectivity index (χ0) is 11.5. The van der Waals surface area contributed by atoms with Crippen molar-refractivity contribution in [3.05, 3.63) is 43.3 Å². The van der Waals surface area contributed by atoms with Crippen molar-refractivity contribution in [2.75, 3.05) is 7.11 Å². The summed E-state index contributed by atoms with van der Waals surface area (Å²) in [7, 11) is 1.53. The van der Waals surface area contributed by atoms with Gasteiger partial charge in [-0.15, -0.1) is 16.4 Å². The Morgan fingerprint density at radius 1 is 1.50 bits per heavy atom. The molecule has 2 heterocycles. The highest BCUT2D eigenvalue weighted by atomic mass is 79.9. The van der Waals surface area contributed by atoms with Crippen LogP contribution in [-0.4, -0.2) is 16.9 Å². The molecule has 0 bridgehead atoms. The third-order valence-corrected chi connectivity index (χ3v) is 3.95. The predicted molar refractivity (Wildman–Crippen MR) is 66.2 cm³/mol. The summed E-state index contributed by atoms with van der Waals surface area (Å²) >= 11 is 5.00. The van der Waals surface area contributed by atoms with Gasteiger partial charge in [0.05, 0.1) is 13.7 Å². The van der Waals surface area contributed by atoms with Crippen LogP contribution in [0.1, 0.15) is 4.88 Å². The summed E-state index contributed by atoms with van der Waals surface area (Å²) in [5.74, 6) is 0.437. The Hall–Kier alpha value is -1.14. The van der Waals surface area contributed by atoms with Crippen molar-refractivity contribution < 1.29 is 4.74 Å². The fourth-order valence-corrected chi connectivity index (χ4v) is 2.69. The van der Waals surface area contributed by atoms with Gasteiger partial charge in [0.25, 0.3) is 5.56 Å². The standard InChI is InChI=1S/C10H9BrN2O2S/c1-15-9-2-3-10(14)13(12-9)6-8-7(11)4-5-16-8/h2-5H,6H2,1H3. The van der Waals surface area contributed by atoms with Gasteiger partial charge in [0, 0.05) is 21.5 Å². The average Bonchev–Trinajstić information content (AvgIpc) is 2.68. The second kappa shape index (κ2) is 4.80. The Labute approximate surface area is 105 Å². The molecule has 0 fully saturated rings. The van der Waals surface area contributed by atoms with E-state index in [-0.39, 0.29) is 5.56 Å². The van der Waals surface area contributed by atoms with Gasteiger partial charge in [0.2, 0.25) is 5.88 Å². The number of hydrogen-bond donors (Lipinski definition) is 0. The molecule has 2 aromatic heterocycles. The first-order valence-corrected chi connectivity index (χ1v) is 6.22. The molecule has 2 rings (SSSR count). The fourth-order valence-electron chi connectivity index (χ4n) is 1.23. The van der Waals surface area contributed by atoms with Gasteiger partial charge in [-0.3, -0.25) is 4.79 Å². The van der Waals surface area contributed by atoms with Crippen LogP contribution in [0.15, 0.2) is 32.8 Å². The van der Waals surface area contributed by atoms with Crippen molar-refractivity contribution >= 4 is 27.3 Å². The van der Waals surface area contributed by atoms with E-state index in [0.29, 0.717) is 12.4 Å². The van der Waals surface area contributed by atoms with Crippen molar-refractivity contribution in [2.45, 2.75) is 6.54 Å². The average molecular weight is 301 g/mol. The molecule has 0 saturated heterocycles. The van der Waals surface area contributed by atoms with Crippen LogP contribution < -0.4 is 10.3 Å². The molecule has 0 spiro atoms. The Bertz CT molecular complexity index is 550. The lowest BCUT2D eigenvalue weighted by molar-refractivity contribution is 0.379. The minimum Gasteiger partial charge on any atom is -0.480 e. The molecule has 0 unspecified atom stereocenters. The molecule has 0 saturated carbocycles. The van der Waals surface area contributed by atoms with Crippen LogP contribution in [0.4, 0.5) is 0 Å². The van der Waals surface area contributed by atoms with Crippen LogP contribution in [0.5, 0.6) is 5.88 Å². The van der Waals surface area contributed by atoms with E-state index in [4.69, 9.17) is 4.74 Å². The molecule has 6 heteroatoms. The zero-order valence-electron chi connectivity index (χ0n) is 8.51. The van der Waals surface area contributed by atoms with Gasteiger partial charge < -0.3 is 4.74 Å². The second-order valence-electron chi connectivity index (χ2n) is 3.06. The number of hydrogen-bond acceptors (Lipinski definition) is 4. The molecular formula is C10H9BrN2O2S. The van der Waals surface area contributed by atoms with E-state index in [1.807, 2.05) is 11.4 Å². The van der Waals surface area contributed by atoms with Crippen molar-refractivity contribution in [3.8, 4) is 5.88 Å². The Kier molecular flexibility index (Phi) is 3.40. The summed E-state index contributed by atoms with van der Waals surface area (Å²) in [6.07, 6.45) is 0. The lowest BCUT2D eigenvalue weighted by Gasteiger charge is -2.04. The first kappa shape index (κ1) is 11.3.